The molecule has 0 aromatic heterocycles. The molecule has 3 heterocycles. The van der Waals surface area contributed by atoms with E-state index >= 15 is 0 Å². The van der Waals surface area contributed by atoms with Crippen LogP contribution >= 0.6 is 0 Å². The number of ether oxygens (including phenoxy) is 2. The molecule has 9 atom stereocenters. The van der Waals surface area contributed by atoms with E-state index in [1.165, 1.54) is 0 Å². The lowest BCUT2D eigenvalue weighted by Gasteiger charge is -2.65. The van der Waals surface area contributed by atoms with Crippen LogP contribution in [-0.4, -0.2) is 40.8 Å². The molecule has 0 aromatic carbocycles. The molecule has 0 radical (unpaired) electrons. The van der Waals surface area contributed by atoms with Gasteiger partial charge in [-0.05, 0) is 13.8 Å². The number of aliphatic hydroxyl groups excluding tert-OH is 1. The summed E-state index contributed by atoms with van der Waals surface area (Å²) in [5.74, 6) is -1.44. The van der Waals surface area contributed by atoms with Crippen molar-refractivity contribution < 1.29 is 24.2 Å². The molecule has 1 saturated carbocycles. The number of carbonyl (C=O) groups excluding carboxylic acids is 2. The Kier molecular flexibility index (Phi) is 3.29. The molecule has 1 aliphatic carbocycles. The smallest absolute Gasteiger partial charge is 0.322 e. The lowest BCUT2D eigenvalue weighted by molar-refractivity contribution is -0.317. The number of rotatable bonds is 0. The molecule has 5 nitrogen and oxygen atoms in total. The molecule has 124 valence electrons. The zero-order chi connectivity index (χ0) is 16.6. The molecule has 9 unspecified atom stereocenters. The summed E-state index contributed by atoms with van der Waals surface area (Å²) in [4.78, 5) is 25.5. The van der Waals surface area contributed by atoms with Gasteiger partial charge in [0.2, 0.25) is 0 Å². The van der Waals surface area contributed by atoms with E-state index in [0.29, 0.717) is 0 Å². The molecule has 0 amide bonds. The largest absolute Gasteiger partial charge is 0.460 e. The van der Waals surface area contributed by atoms with Crippen LogP contribution in [0.25, 0.3) is 0 Å². The first-order valence-corrected chi connectivity index (χ1v) is 8.22. The number of ketones is 1. The topological polar surface area (TPSA) is 72.8 Å². The van der Waals surface area contributed by atoms with E-state index in [2.05, 4.69) is 0 Å². The van der Waals surface area contributed by atoms with Gasteiger partial charge >= 0.3 is 5.97 Å². The predicted molar refractivity (Wildman–Crippen MR) is 78.9 cm³/mol. The maximum atomic E-state index is 12.9. The molecule has 4 rings (SSSR count). The lowest BCUT2D eigenvalue weighted by atomic mass is 9.48. The lowest BCUT2D eigenvalue weighted by Crippen LogP contribution is -2.79. The second-order valence-corrected chi connectivity index (χ2v) is 7.69. The molecular formula is C17H26O5. The predicted octanol–water partition coefficient (Wildman–Crippen LogP) is 1.56. The Morgan fingerprint density at radius 1 is 1.05 bits per heavy atom. The normalized spacial score (nSPS) is 58.0. The van der Waals surface area contributed by atoms with Gasteiger partial charge in [-0.1, -0.05) is 27.7 Å². The molecule has 1 N–H and O–H groups in total. The van der Waals surface area contributed by atoms with Gasteiger partial charge in [0.1, 0.15) is 11.7 Å². The molecule has 2 bridgehead atoms. The maximum Gasteiger partial charge on any atom is 0.322 e. The first-order valence-electron chi connectivity index (χ1n) is 8.22. The summed E-state index contributed by atoms with van der Waals surface area (Å²) in [6, 6.07) is 0. The highest BCUT2D eigenvalue weighted by Crippen LogP contribution is 2.61. The van der Waals surface area contributed by atoms with Crippen molar-refractivity contribution in [2.24, 2.45) is 29.1 Å². The Hall–Kier alpha value is -0.940. The van der Waals surface area contributed by atoms with Crippen molar-refractivity contribution in [3.05, 3.63) is 0 Å². The third-order valence-electron chi connectivity index (χ3n) is 6.85. The number of esters is 1. The maximum absolute atomic E-state index is 12.9. The Balaban J connectivity index is 2.20. The van der Waals surface area contributed by atoms with Crippen LogP contribution in [-0.2, 0) is 19.1 Å². The van der Waals surface area contributed by atoms with Crippen molar-refractivity contribution in [2.75, 3.05) is 0 Å². The van der Waals surface area contributed by atoms with E-state index in [1.807, 2.05) is 34.6 Å². The van der Waals surface area contributed by atoms with Crippen molar-refractivity contribution in [3.8, 4) is 0 Å². The van der Waals surface area contributed by atoms with Crippen molar-refractivity contribution in [1.82, 2.24) is 0 Å². The van der Waals surface area contributed by atoms with Crippen LogP contribution in [0.5, 0.6) is 0 Å². The molecule has 3 saturated heterocycles. The number of aliphatic hydroxyl groups is 1. The molecule has 0 aromatic rings. The number of carbonyl (C=O) groups is 2. The fourth-order valence-corrected chi connectivity index (χ4v) is 5.24. The van der Waals surface area contributed by atoms with Crippen molar-refractivity contribution in [1.29, 1.82) is 0 Å². The van der Waals surface area contributed by atoms with Crippen LogP contribution in [0.15, 0.2) is 0 Å². The molecule has 1 spiro atoms. The summed E-state index contributed by atoms with van der Waals surface area (Å²) in [5, 5.41) is 10.7. The van der Waals surface area contributed by atoms with E-state index in [4.69, 9.17) is 9.47 Å². The number of fused-ring (bicyclic) bond motifs is 2. The number of hydrogen-bond acceptors (Lipinski definition) is 5. The van der Waals surface area contributed by atoms with Crippen molar-refractivity contribution >= 4 is 11.8 Å². The Morgan fingerprint density at radius 3 is 2.23 bits per heavy atom. The molecule has 5 heteroatoms. The summed E-state index contributed by atoms with van der Waals surface area (Å²) < 4.78 is 11.9. The average molecular weight is 310 g/mol. The third-order valence-corrected chi connectivity index (χ3v) is 6.85. The Morgan fingerprint density at radius 2 is 1.64 bits per heavy atom. The zero-order valence-electron chi connectivity index (χ0n) is 14.1. The minimum Gasteiger partial charge on any atom is -0.460 e. The molecular weight excluding hydrogens is 284 g/mol. The van der Waals surface area contributed by atoms with Crippen LogP contribution in [0, 0.1) is 29.1 Å². The monoisotopic (exact) mass is 310 g/mol. The standard InChI is InChI=1S/C17H26O5/c1-7-11(5)22-17(9(3)12(7)18)10(4)13-8(2)14(19)16(17,6)15(20)21-13/h7-13,18H,1-6H3. The number of hydrogen-bond donors (Lipinski definition) is 1. The molecule has 3 aliphatic heterocycles. The van der Waals surface area contributed by atoms with Crippen LogP contribution in [0.1, 0.15) is 41.5 Å². The van der Waals surface area contributed by atoms with E-state index < -0.39 is 29.2 Å². The highest BCUT2D eigenvalue weighted by atomic mass is 16.6. The Bertz CT molecular complexity index is 525. The van der Waals surface area contributed by atoms with Crippen LogP contribution < -0.4 is 0 Å². The van der Waals surface area contributed by atoms with Gasteiger partial charge in [-0.3, -0.25) is 9.59 Å². The van der Waals surface area contributed by atoms with Gasteiger partial charge in [-0.2, -0.15) is 0 Å². The SMILES string of the molecule is CC1OC2(C(C)C(O)C1C)C(C)C1OC(=O)C2(C)C(=O)C1C. The van der Waals surface area contributed by atoms with E-state index in [0.717, 1.165) is 0 Å². The molecule has 4 aliphatic rings. The average Bonchev–Trinajstić information content (AvgIpc) is 2.48. The highest BCUT2D eigenvalue weighted by molar-refractivity contribution is 6.09. The summed E-state index contributed by atoms with van der Waals surface area (Å²) in [5.41, 5.74) is -2.35. The van der Waals surface area contributed by atoms with Gasteiger partial charge in [0, 0.05) is 17.8 Å². The van der Waals surface area contributed by atoms with Gasteiger partial charge in [-0.15, -0.1) is 0 Å². The summed E-state index contributed by atoms with van der Waals surface area (Å²) >= 11 is 0. The van der Waals surface area contributed by atoms with Gasteiger partial charge in [0.15, 0.2) is 11.2 Å². The Labute approximate surface area is 131 Å². The van der Waals surface area contributed by atoms with Crippen molar-refractivity contribution in [2.45, 2.75) is 65.5 Å². The highest BCUT2D eigenvalue weighted by Gasteiger charge is 2.76. The zero-order valence-corrected chi connectivity index (χ0v) is 14.1. The van der Waals surface area contributed by atoms with Crippen LogP contribution in [0.3, 0.4) is 0 Å². The first-order chi connectivity index (χ1) is 10.1. The molecule has 4 fully saturated rings. The van der Waals surface area contributed by atoms with E-state index in [1.54, 1.807) is 6.92 Å². The molecule has 22 heavy (non-hydrogen) atoms. The van der Waals surface area contributed by atoms with Gasteiger partial charge in [0.05, 0.1) is 18.1 Å². The summed E-state index contributed by atoms with van der Waals surface area (Å²) in [6.07, 6.45) is -1.31. The minimum absolute atomic E-state index is 0.0413. The quantitative estimate of drug-likeness (QED) is 0.543. The van der Waals surface area contributed by atoms with Crippen molar-refractivity contribution in [3.63, 3.8) is 0 Å². The van der Waals surface area contributed by atoms with Crippen LogP contribution in [0.4, 0.5) is 0 Å². The van der Waals surface area contributed by atoms with Crippen LogP contribution in [0.2, 0.25) is 0 Å². The first kappa shape index (κ1) is 15.9. The minimum atomic E-state index is -1.35. The second-order valence-electron chi connectivity index (χ2n) is 7.69. The fourth-order valence-electron chi connectivity index (χ4n) is 5.24. The third kappa shape index (κ3) is 1.47. The van der Waals surface area contributed by atoms with Gasteiger partial charge < -0.3 is 14.6 Å². The van der Waals surface area contributed by atoms with Gasteiger partial charge in [0.25, 0.3) is 0 Å². The summed E-state index contributed by atoms with van der Waals surface area (Å²) in [6.45, 7) is 11.2. The second kappa shape index (κ2) is 4.54. The number of Topliss-reactive ketones (excluding diaryl/α,β-unsaturated/α-hetero) is 1. The summed E-state index contributed by atoms with van der Waals surface area (Å²) in [7, 11) is 0. The van der Waals surface area contributed by atoms with E-state index in [-0.39, 0.29) is 35.6 Å². The van der Waals surface area contributed by atoms with Gasteiger partial charge in [-0.25, -0.2) is 0 Å². The fraction of sp³-hybridized carbons (Fsp3) is 0.882. The van der Waals surface area contributed by atoms with E-state index in [9.17, 15) is 14.7 Å².